The third kappa shape index (κ3) is 3.94. The van der Waals surface area contributed by atoms with Crippen molar-refractivity contribution in [3.8, 4) is 17.2 Å². The Morgan fingerprint density at radius 2 is 1.89 bits per heavy atom. The molecule has 3 rings (SSSR count). The van der Waals surface area contributed by atoms with Crippen LogP contribution in [0.15, 0.2) is 41.4 Å². The number of rotatable bonds is 3. The summed E-state index contributed by atoms with van der Waals surface area (Å²) in [5.41, 5.74) is 0.965. The molecule has 3 aromatic rings. The Morgan fingerprint density at radius 1 is 1.19 bits per heavy atom. The zero-order chi connectivity index (χ0) is 20.0. The van der Waals surface area contributed by atoms with Crippen LogP contribution >= 0.6 is 11.6 Å². The van der Waals surface area contributed by atoms with Crippen LogP contribution in [0.25, 0.3) is 17.2 Å². The van der Waals surface area contributed by atoms with Gasteiger partial charge in [0.25, 0.3) is 5.82 Å². The molecule has 0 aliphatic heterocycles. The van der Waals surface area contributed by atoms with Crippen LogP contribution in [0.2, 0.25) is 5.02 Å². The second kappa shape index (κ2) is 6.59. The molecule has 0 spiro atoms. The first-order valence-corrected chi connectivity index (χ1v) is 9.19. The SMILES string of the molecule is Cc1cc(-c2nc(C(F)(F)F)nn2-c2ccc(S(N)(=O)=O)cn2)ccc1Cl. The van der Waals surface area contributed by atoms with Crippen LogP contribution in [0.5, 0.6) is 0 Å². The summed E-state index contributed by atoms with van der Waals surface area (Å²) in [5.74, 6) is -1.55. The van der Waals surface area contributed by atoms with Crippen molar-refractivity contribution in [1.82, 2.24) is 19.7 Å². The standard InChI is InChI=1S/C15H11ClF3N5O2S/c1-8-6-9(2-4-11(8)16)13-22-14(15(17,18)19)23-24(13)12-5-3-10(7-21-12)27(20,25)26/h2-7H,1H3,(H2,20,25,26). The molecule has 7 nitrogen and oxygen atoms in total. The lowest BCUT2D eigenvalue weighted by molar-refractivity contribution is -0.144. The highest BCUT2D eigenvalue weighted by atomic mass is 35.5. The normalized spacial score (nSPS) is 12.4. The molecule has 0 aliphatic rings. The molecule has 0 unspecified atom stereocenters. The van der Waals surface area contributed by atoms with Crippen molar-refractivity contribution >= 4 is 21.6 Å². The number of halogens is 4. The highest BCUT2D eigenvalue weighted by Crippen LogP contribution is 2.31. The summed E-state index contributed by atoms with van der Waals surface area (Å²) in [5, 5.41) is 8.91. The molecule has 12 heteroatoms. The van der Waals surface area contributed by atoms with E-state index >= 15 is 0 Å². The molecular formula is C15H11ClF3N5O2S. The molecule has 0 bridgehead atoms. The molecule has 0 atom stereocenters. The van der Waals surface area contributed by atoms with Crippen LogP contribution < -0.4 is 5.14 Å². The Balaban J connectivity index is 2.19. The first-order valence-electron chi connectivity index (χ1n) is 7.27. The molecule has 142 valence electrons. The number of hydrogen-bond donors (Lipinski definition) is 1. The second-order valence-corrected chi connectivity index (χ2v) is 7.50. The molecular weight excluding hydrogens is 407 g/mol. The summed E-state index contributed by atoms with van der Waals surface area (Å²) in [6.07, 6.45) is -3.85. The lowest BCUT2D eigenvalue weighted by Crippen LogP contribution is -2.13. The smallest absolute Gasteiger partial charge is 0.236 e. The summed E-state index contributed by atoms with van der Waals surface area (Å²) < 4.78 is 62.8. The monoisotopic (exact) mass is 417 g/mol. The molecule has 0 amide bonds. The summed E-state index contributed by atoms with van der Waals surface area (Å²) >= 11 is 5.96. The Morgan fingerprint density at radius 3 is 2.41 bits per heavy atom. The lowest BCUT2D eigenvalue weighted by Gasteiger charge is -2.07. The number of nitrogens with zero attached hydrogens (tertiary/aromatic N) is 4. The van der Waals surface area contributed by atoms with Gasteiger partial charge in [-0.25, -0.2) is 23.5 Å². The van der Waals surface area contributed by atoms with Crippen LogP contribution in [0.4, 0.5) is 13.2 Å². The van der Waals surface area contributed by atoms with Crippen molar-refractivity contribution in [2.24, 2.45) is 5.14 Å². The van der Waals surface area contributed by atoms with Crippen LogP contribution in [-0.4, -0.2) is 28.2 Å². The third-order valence-corrected chi connectivity index (χ3v) is 4.87. The zero-order valence-corrected chi connectivity index (χ0v) is 15.1. The molecule has 27 heavy (non-hydrogen) atoms. The van der Waals surface area contributed by atoms with E-state index in [2.05, 4.69) is 15.1 Å². The van der Waals surface area contributed by atoms with Gasteiger partial charge in [-0.2, -0.15) is 17.9 Å². The van der Waals surface area contributed by atoms with Crippen LogP contribution in [0.1, 0.15) is 11.4 Å². The van der Waals surface area contributed by atoms with Gasteiger partial charge in [0, 0.05) is 16.8 Å². The lowest BCUT2D eigenvalue weighted by atomic mass is 10.1. The van der Waals surface area contributed by atoms with Crippen molar-refractivity contribution in [2.75, 3.05) is 0 Å². The highest BCUT2D eigenvalue weighted by Gasteiger charge is 2.37. The quantitative estimate of drug-likeness (QED) is 0.705. The summed E-state index contributed by atoms with van der Waals surface area (Å²) in [7, 11) is -3.99. The fraction of sp³-hybridized carbons (Fsp3) is 0.133. The number of pyridine rings is 1. The van der Waals surface area contributed by atoms with E-state index < -0.39 is 22.0 Å². The molecule has 2 heterocycles. The topological polar surface area (TPSA) is 104 Å². The number of primary sulfonamides is 1. The minimum Gasteiger partial charge on any atom is -0.236 e. The predicted molar refractivity (Wildman–Crippen MR) is 90.7 cm³/mol. The zero-order valence-electron chi connectivity index (χ0n) is 13.6. The Kier molecular flexibility index (Phi) is 4.70. The number of aryl methyl sites for hydroxylation is 1. The minimum absolute atomic E-state index is 0.0620. The largest absolute Gasteiger partial charge is 0.453 e. The van der Waals surface area contributed by atoms with Crippen molar-refractivity contribution in [2.45, 2.75) is 18.0 Å². The fourth-order valence-electron chi connectivity index (χ4n) is 2.23. The van der Waals surface area contributed by atoms with E-state index in [0.717, 1.165) is 16.9 Å². The molecule has 0 radical (unpaired) electrons. The van der Waals surface area contributed by atoms with Crippen LogP contribution in [-0.2, 0) is 16.2 Å². The maximum absolute atomic E-state index is 13.1. The van der Waals surface area contributed by atoms with Gasteiger partial charge in [-0.1, -0.05) is 11.6 Å². The number of alkyl halides is 3. The Bertz CT molecular complexity index is 1110. The van der Waals surface area contributed by atoms with Gasteiger partial charge >= 0.3 is 6.18 Å². The number of sulfonamides is 1. The van der Waals surface area contributed by atoms with Gasteiger partial charge in [-0.05, 0) is 42.8 Å². The summed E-state index contributed by atoms with van der Waals surface area (Å²) in [4.78, 5) is 7.13. The van der Waals surface area contributed by atoms with Crippen molar-refractivity contribution in [3.63, 3.8) is 0 Å². The van der Waals surface area contributed by atoms with Crippen LogP contribution in [0.3, 0.4) is 0 Å². The van der Waals surface area contributed by atoms with E-state index in [-0.39, 0.29) is 16.5 Å². The van der Waals surface area contributed by atoms with E-state index in [1.165, 1.54) is 18.2 Å². The van der Waals surface area contributed by atoms with E-state index in [4.69, 9.17) is 16.7 Å². The first kappa shape index (κ1) is 19.3. The first-order chi connectivity index (χ1) is 12.5. The highest BCUT2D eigenvalue weighted by molar-refractivity contribution is 7.89. The van der Waals surface area contributed by atoms with Crippen molar-refractivity contribution in [3.05, 3.63) is 52.9 Å². The van der Waals surface area contributed by atoms with E-state index in [0.29, 0.717) is 16.1 Å². The molecule has 2 N–H and O–H groups in total. The maximum atomic E-state index is 13.1. The molecule has 0 fully saturated rings. The number of hydrogen-bond acceptors (Lipinski definition) is 5. The van der Waals surface area contributed by atoms with Gasteiger partial charge in [0.15, 0.2) is 11.6 Å². The number of nitrogens with two attached hydrogens (primary N) is 1. The van der Waals surface area contributed by atoms with E-state index in [9.17, 15) is 21.6 Å². The van der Waals surface area contributed by atoms with Crippen LogP contribution in [0, 0.1) is 6.92 Å². The average Bonchev–Trinajstić information content (AvgIpc) is 3.02. The van der Waals surface area contributed by atoms with Gasteiger partial charge < -0.3 is 0 Å². The van der Waals surface area contributed by atoms with E-state index in [1.54, 1.807) is 13.0 Å². The van der Waals surface area contributed by atoms with Crippen molar-refractivity contribution in [1.29, 1.82) is 0 Å². The molecule has 0 saturated heterocycles. The van der Waals surface area contributed by atoms with Gasteiger partial charge in [-0.3, -0.25) is 0 Å². The predicted octanol–water partition coefficient (Wildman–Crippen LogP) is 2.96. The van der Waals surface area contributed by atoms with Gasteiger partial charge in [0.2, 0.25) is 10.0 Å². The maximum Gasteiger partial charge on any atom is 0.453 e. The summed E-state index contributed by atoms with van der Waals surface area (Å²) in [6, 6.07) is 6.87. The van der Waals surface area contributed by atoms with E-state index in [1.807, 2.05) is 0 Å². The molecule has 1 aromatic carbocycles. The number of aromatic nitrogens is 4. The second-order valence-electron chi connectivity index (χ2n) is 5.53. The van der Waals surface area contributed by atoms with Gasteiger partial charge in [0.1, 0.15) is 4.90 Å². The summed E-state index contributed by atoms with van der Waals surface area (Å²) in [6.45, 7) is 1.69. The number of benzene rings is 1. The fourth-order valence-corrected chi connectivity index (χ4v) is 2.80. The van der Waals surface area contributed by atoms with Crippen molar-refractivity contribution < 1.29 is 21.6 Å². The third-order valence-electron chi connectivity index (χ3n) is 3.54. The average molecular weight is 418 g/mol. The molecule has 0 saturated carbocycles. The van der Waals surface area contributed by atoms with Gasteiger partial charge in [-0.15, -0.1) is 5.10 Å². The van der Waals surface area contributed by atoms with Gasteiger partial charge in [0.05, 0.1) is 0 Å². The molecule has 0 aliphatic carbocycles. The molecule has 2 aromatic heterocycles. The minimum atomic E-state index is -4.78. The Hall–Kier alpha value is -2.50. The Labute approximate surface area is 156 Å².